The molecule has 0 bridgehead atoms. The number of hydrogen-bond donors (Lipinski definition) is 2. The van der Waals surface area contributed by atoms with E-state index in [4.69, 9.17) is 0 Å². The SMILES string of the molecule is CC1=C(O)C(C)CNC1=O. The van der Waals surface area contributed by atoms with E-state index in [1.165, 1.54) is 0 Å². The van der Waals surface area contributed by atoms with Crippen molar-refractivity contribution < 1.29 is 9.90 Å². The standard InChI is InChI=1S/C7H11NO2/c1-4-3-8-7(10)5(2)6(4)9/h4,9H,3H2,1-2H3,(H,8,10). The van der Waals surface area contributed by atoms with Crippen LogP contribution < -0.4 is 5.32 Å². The molecule has 0 spiro atoms. The Morgan fingerprint density at radius 2 is 2.30 bits per heavy atom. The van der Waals surface area contributed by atoms with Crippen molar-refractivity contribution in [3.8, 4) is 0 Å². The second-order valence-corrected chi connectivity index (χ2v) is 2.62. The van der Waals surface area contributed by atoms with Crippen molar-refractivity contribution in [3.05, 3.63) is 11.3 Å². The number of carbonyl (C=O) groups is 1. The highest BCUT2D eigenvalue weighted by Gasteiger charge is 2.21. The zero-order chi connectivity index (χ0) is 7.72. The van der Waals surface area contributed by atoms with E-state index in [0.29, 0.717) is 12.1 Å². The van der Waals surface area contributed by atoms with Gasteiger partial charge in [0.05, 0.1) is 5.57 Å². The van der Waals surface area contributed by atoms with E-state index in [2.05, 4.69) is 5.32 Å². The first-order chi connectivity index (χ1) is 4.63. The second kappa shape index (κ2) is 2.33. The Morgan fingerprint density at radius 1 is 1.70 bits per heavy atom. The van der Waals surface area contributed by atoms with Crippen molar-refractivity contribution in [1.29, 1.82) is 0 Å². The first-order valence-corrected chi connectivity index (χ1v) is 3.31. The molecule has 0 aromatic carbocycles. The van der Waals surface area contributed by atoms with Crippen LogP contribution in [0.1, 0.15) is 13.8 Å². The summed E-state index contributed by atoms with van der Waals surface area (Å²) < 4.78 is 0. The summed E-state index contributed by atoms with van der Waals surface area (Å²) in [6.45, 7) is 4.04. The molecule has 2 N–H and O–H groups in total. The minimum atomic E-state index is -0.157. The van der Waals surface area contributed by atoms with Crippen molar-refractivity contribution >= 4 is 5.91 Å². The number of amides is 1. The Hall–Kier alpha value is -0.990. The summed E-state index contributed by atoms with van der Waals surface area (Å²) in [6, 6.07) is 0. The van der Waals surface area contributed by atoms with Crippen molar-refractivity contribution in [3.63, 3.8) is 0 Å². The van der Waals surface area contributed by atoms with E-state index in [9.17, 15) is 9.90 Å². The van der Waals surface area contributed by atoms with Crippen molar-refractivity contribution in [2.75, 3.05) is 6.54 Å². The van der Waals surface area contributed by atoms with Crippen LogP contribution in [-0.2, 0) is 4.79 Å². The number of carbonyl (C=O) groups excluding carboxylic acids is 1. The van der Waals surface area contributed by atoms with E-state index in [1.54, 1.807) is 6.92 Å². The lowest BCUT2D eigenvalue weighted by molar-refractivity contribution is -0.118. The van der Waals surface area contributed by atoms with E-state index in [1.807, 2.05) is 6.92 Å². The van der Waals surface area contributed by atoms with Crippen molar-refractivity contribution in [2.24, 2.45) is 5.92 Å². The van der Waals surface area contributed by atoms with Gasteiger partial charge in [-0.05, 0) is 6.92 Å². The topological polar surface area (TPSA) is 49.3 Å². The van der Waals surface area contributed by atoms with Gasteiger partial charge in [-0.3, -0.25) is 4.79 Å². The van der Waals surface area contributed by atoms with Gasteiger partial charge in [0.15, 0.2) is 0 Å². The first kappa shape index (κ1) is 7.12. The fourth-order valence-electron chi connectivity index (χ4n) is 0.961. The van der Waals surface area contributed by atoms with Gasteiger partial charge in [-0.15, -0.1) is 0 Å². The maximum atomic E-state index is 10.8. The smallest absolute Gasteiger partial charge is 0.250 e. The van der Waals surface area contributed by atoms with Crippen molar-refractivity contribution in [1.82, 2.24) is 5.32 Å². The summed E-state index contributed by atoms with van der Waals surface area (Å²) in [5.41, 5.74) is 0.443. The highest BCUT2D eigenvalue weighted by atomic mass is 16.3. The molecule has 1 rings (SSSR count). The van der Waals surface area contributed by atoms with Gasteiger partial charge in [0, 0.05) is 12.5 Å². The quantitative estimate of drug-likeness (QED) is 0.518. The van der Waals surface area contributed by atoms with E-state index in [-0.39, 0.29) is 17.6 Å². The van der Waals surface area contributed by atoms with E-state index < -0.39 is 0 Å². The molecular formula is C7H11NO2. The van der Waals surface area contributed by atoms with E-state index in [0.717, 1.165) is 0 Å². The van der Waals surface area contributed by atoms with Crippen LogP contribution in [0.25, 0.3) is 0 Å². The zero-order valence-corrected chi connectivity index (χ0v) is 6.14. The molecule has 1 amide bonds. The summed E-state index contributed by atoms with van der Waals surface area (Å²) in [5, 5.41) is 11.9. The van der Waals surface area contributed by atoms with Gasteiger partial charge in [-0.1, -0.05) is 6.92 Å². The number of aliphatic hydroxyl groups excluding tert-OH is 1. The summed E-state index contributed by atoms with van der Waals surface area (Å²) in [7, 11) is 0. The molecule has 1 unspecified atom stereocenters. The number of hydrogen-bond acceptors (Lipinski definition) is 2. The monoisotopic (exact) mass is 141 g/mol. The van der Waals surface area contributed by atoms with Gasteiger partial charge < -0.3 is 10.4 Å². The normalized spacial score (nSPS) is 26.6. The number of aliphatic hydroxyl groups is 1. The average molecular weight is 141 g/mol. The number of nitrogens with one attached hydrogen (secondary N) is 1. The Bertz CT molecular complexity index is 196. The first-order valence-electron chi connectivity index (χ1n) is 3.31. The minimum absolute atomic E-state index is 0.0673. The minimum Gasteiger partial charge on any atom is -0.511 e. The van der Waals surface area contributed by atoms with Gasteiger partial charge in [-0.2, -0.15) is 0 Å². The van der Waals surface area contributed by atoms with Crippen LogP contribution in [0.5, 0.6) is 0 Å². The predicted molar refractivity (Wildman–Crippen MR) is 37.5 cm³/mol. The molecule has 0 fully saturated rings. The van der Waals surface area contributed by atoms with Crippen LogP contribution in [0.3, 0.4) is 0 Å². The molecule has 1 heterocycles. The van der Waals surface area contributed by atoms with Crippen molar-refractivity contribution in [2.45, 2.75) is 13.8 Å². The van der Waals surface area contributed by atoms with E-state index >= 15 is 0 Å². The summed E-state index contributed by atoms with van der Waals surface area (Å²) >= 11 is 0. The second-order valence-electron chi connectivity index (χ2n) is 2.62. The zero-order valence-electron chi connectivity index (χ0n) is 6.14. The molecule has 0 aromatic rings. The largest absolute Gasteiger partial charge is 0.511 e. The molecule has 0 radical (unpaired) electrons. The Kier molecular flexibility index (Phi) is 1.66. The lowest BCUT2D eigenvalue weighted by atomic mass is 10.0. The third-order valence-electron chi connectivity index (χ3n) is 1.76. The lowest BCUT2D eigenvalue weighted by Gasteiger charge is -2.19. The molecule has 0 saturated heterocycles. The molecule has 0 saturated carbocycles. The van der Waals surface area contributed by atoms with Crippen LogP contribution in [0, 0.1) is 5.92 Å². The van der Waals surface area contributed by atoms with Gasteiger partial charge in [0.25, 0.3) is 0 Å². The van der Waals surface area contributed by atoms with Crippen LogP contribution in [0.2, 0.25) is 0 Å². The molecule has 3 nitrogen and oxygen atoms in total. The summed E-state index contributed by atoms with van der Waals surface area (Å²) in [4.78, 5) is 10.8. The lowest BCUT2D eigenvalue weighted by Crippen LogP contribution is -2.35. The molecular weight excluding hydrogens is 130 g/mol. The Morgan fingerprint density at radius 3 is 2.80 bits per heavy atom. The van der Waals surface area contributed by atoms with Gasteiger partial charge in [-0.25, -0.2) is 0 Å². The highest BCUT2D eigenvalue weighted by molar-refractivity contribution is 5.94. The molecule has 1 aliphatic heterocycles. The van der Waals surface area contributed by atoms with Gasteiger partial charge in [0.2, 0.25) is 5.91 Å². The number of rotatable bonds is 0. The molecule has 1 aliphatic rings. The molecule has 1 atom stereocenters. The van der Waals surface area contributed by atoms with Crippen LogP contribution in [-0.4, -0.2) is 17.6 Å². The highest BCUT2D eigenvalue weighted by Crippen LogP contribution is 2.15. The molecule has 56 valence electrons. The predicted octanol–water partition coefficient (Wildman–Crippen LogP) is 0.584. The van der Waals surface area contributed by atoms with Gasteiger partial charge >= 0.3 is 0 Å². The molecule has 0 aromatic heterocycles. The van der Waals surface area contributed by atoms with Crippen LogP contribution in [0.15, 0.2) is 11.3 Å². The maximum Gasteiger partial charge on any atom is 0.250 e. The maximum absolute atomic E-state index is 10.8. The van der Waals surface area contributed by atoms with Crippen LogP contribution in [0.4, 0.5) is 0 Å². The summed E-state index contributed by atoms with van der Waals surface area (Å²) in [5.74, 6) is 0.136. The third-order valence-corrected chi connectivity index (χ3v) is 1.76. The molecule has 10 heavy (non-hydrogen) atoms. The fourth-order valence-corrected chi connectivity index (χ4v) is 0.961. The summed E-state index contributed by atoms with van der Waals surface area (Å²) in [6.07, 6.45) is 0. The Balaban J connectivity index is 2.92. The fraction of sp³-hybridized carbons (Fsp3) is 0.571. The van der Waals surface area contributed by atoms with Crippen LogP contribution >= 0.6 is 0 Å². The third kappa shape index (κ3) is 0.988. The average Bonchev–Trinajstić information content (AvgIpc) is 1.93. The molecule has 3 heteroatoms. The Labute approximate surface area is 59.7 Å². The van der Waals surface area contributed by atoms with Gasteiger partial charge in [0.1, 0.15) is 5.76 Å². The molecule has 0 aliphatic carbocycles.